The predicted molar refractivity (Wildman–Crippen MR) is 83.2 cm³/mol. The zero-order chi connectivity index (χ0) is 16.2. The second kappa shape index (κ2) is 6.78. The van der Waals surface area contributed by atoms with Gasteiger partial charge in [0.25, 0.3) is 0 Å². The number of aliphatic carboxylic acids is 1. The maximum absolute atomic E-state index is 11.9. The molecule has 0 aliphatic carbocycles. The molecule has 0 amide bonds. The predicted octanol–water partition coefficient (Wildman–Crippen LogP) is 1.75. The van der Waals surface area contributed by atoms with Crippen LogP contribution in [-0.2, 0) is 4.79 Å². The smallest absolute Gasteiger partial charge is 0.325 e. The lowest BCUT2D eigenvalue weighted by Gasteiger charge is -2.36. The summed E-state index contributed by atoms with van der Waals surface area (Å²) in [5.74, 6) is -0.184. The van der Waals surface area contributed by atoms with E-state index in [4.69, 9.17) is 4.74 Å². The Bertz CT molecular complexity index is 659. The summed E-state index contributed by atoms with van der Waals surface area (Å²) in [6.45, 7) is 1.39. The van der Waals surface area contributed by atoms with Crippen LogP contribution in [0.1, 0.15) is 30.5 Å². The first-order chi connectivity index (χ1) is 11.2. The molecule has 0 radical (unpaired) electrons. The molecule has 1 aromatic carbocycles. The third kappa shape index (κ3) is 3.34. The fraction of sp³-hybridized carbons (Fsp3) is 0.438. The Balaban J connectivity index is 1.84. The molecule has 0 bridgehead atoms. The van der Waals surface area contributed by atoms with E-state index in [0.717, 1.165) is 24.9 Å². The molecule has 2 atom stereocenters. The van der Waals surface area contributed by atoms with Crippen molar-refractivity contribution in [1.29, 1.82) is 0 Å². The van der Waals surface area contributed by atoms with Crippen LogP contribution in [0.5, 0.6) is 5.75 Å². The molecule has 23 heavy (non-hydrogen) atoms. The zero-order valence-electron chi connectivity index (χ0n) is 13.0. The topological polar surface area (TPSA) is 80.5 Å². The number of carboxylic acid groups (broad SMARTS) is 1. The summed E-state index contributed by atoms with van der Waals surface area (Å²) in [7, 11) is 1.58. The number of carbonyl (C=O) groups is 1. The first-order valence-corrected chi connectivity index (χ1v) is 7.65. The summed E-state index contributed by atoms with van der Waals surface area (Å²) in [6.07, 6.45) is 5.38. The number of hydrogen-bond donors (Lipinski definition) is 1. The van der Waals surface area contributed by atoms with Crippen molar-refractivity contribution in [1.82, 2.24) is 19.9 Å². The van der Waals surface area contributed by atoms with E-state index >= 15 is 0 Å². The number of methoxy groups -OCH3 is 1. The molecule has 1 fully saturated rings. The van der Waals surface area contributed by atoms with Crippen molar-refractivity contribution >= 4 is 5.97 Å². The molecule has 0 spiro atoms. The molecule has 0 saturated carbocycles. The van der Waals surface area contributed by atoms with E-state index in [1.165, 1.54) is 0 Å². The molecule has 7 nitrogen and oxygen atoms in total. The number of ether oxygens (including phenoxy) is 1. The average Bonchev–Trinajstić information content (AvgIpc) is 3.10. The second-order valence-electron chi connectivity index (χ2n) is 5.69. The highest BCUT2D eigenvalue weighted by molar-refractivity contribution is 5.75. The van der Waals surface area contributed by atoms with Crippen LogP contribution >= 0.6 is 0 Å². The van der Waals surface area contributed by atoms with Gasteiger partial charge in [-0.2, -0.15) is 0 Å². The normalized spacial score (nSPS) is 20.1. The van der Waals surface area contributed by atoms with Crippen LogP contribution in [0.4, 0.5) is 0 Å². The molecule has 1 aliphatic heterocycles. The summed E-state index contributed by atoms with van der Waals surface area (Å²) >= 11 is 0. The van der Waals surface area contributed by atoms with E-state index in [1.54, 1.807) is 19.4 Å². The molecule has 2 unspecified atom stereocenters. The van der Waals surface area contributed by atoms with E-state index in [1.807, 2.05) is 34.0 Å². The van der Waals surface area contributed by atoms with Crippen LogP contribution in [-0.4, -0.2) is 51.2 Å². The van der Waals surface area contributed by atoms with Crippen molar-refractivity contribution < 1.29 is 14.6 Å². The van der Waals surface area contributed by atoms with E-state index in [-0.39, 0.29) is 6.04 Å². The number of aromatic nitrogens is 3. The van der Waals surface area contributed by atoms with Crippen LogP contribution in [0.2, 0.25) is 0 Å². The van der Waals surface area contributed by atoms with Crippen LogP contribution in [0.3, 0.4) is 0 Å². The maximum Gasteiger partial charge on any atom is 0.325 e. The van der Waals surface area contributed by atoms with Gasteiger partial charge in [-0.3, -0.25) is 9.69 Å². The molecule has 1 N–H and O–H groups in total. The standard InChI is InChI=1S/C16H20N4O3/c1-23-14-6-2-4-12(10-14)15(16(21)22)19-8-3-5-13(11-19)20-9-7-17-18-20/h2,4,6-7,9-10,13,15H,3,5,8,11H2,1H3,(H,21,22). The Morgan fingerprint density at radius 3 is 3.04 bits per heavy atom. The minimum Gasteiger partial charge on any atom is -0.497 e. The quantitative estimate of drug-likeness (QED) is 0.905. The first kappa shape index (κ1) is 15.5. The van der Waals surface area contributed by atoms with Gasteiger partial charge in [0.1, 0.15) is 11.8 Å². The SMILES string of the molecule is COc1cccc(C(C(=O)O)N2CCCC(n3ccnn3)C2)c1. The molecule has 3 rings (SSSR count). The van der Waals surface area contributed by atoms with E-state index in [0.29, 0.717) is 12.3 Å². The second-order valence-corrected chi connectivity index (χ2v) is 5.69. The number of benzene rings is 1. The first-order valence-electron chi connectivity index (χ1n) is 7.65. The Hall–Kier alpha value is -2.41. The fourth-order valence-electron chi connectivity index (χ4n) is 3.17. The van der Waals surface area contributed by atoms with Gasteiger partial charge in [0.2, 0.25) is 0 Å². The molecule has 7 heteroatoms. The number of rotatable bonds is 5. The van der Waals surface area contributed by atoms with Gasteiger partial charge in [0, 0.05) is 12.7 Å². The lowest BCUT2D eigenvalue weighted by Crippen LogP contribution is -2.42. The molecule has 2 aromatic rings. The summed E-state index contributed by atoms with van der Waals surface area (Å²) in [5, 5.41) is 17.6. The van der Waals surface area contributed by atoms with Crippen LogP contribution < -0.4 is 4.74 Å². The minimum absolute atomic E-state index is 0.152. The molecular formula is C16H20N4O3. The third-order valence-corrected chi connectivity index (χ3v) is 4.25. The molecular weight excluding hydrogens is 296 g/mol. The number of carboxylic acids is 1. The minimum atomic E-state index is -0.850. The summed E-state index contributed by atoms with van der Waals surface area (Å²) in [6, 6.07) is 6.73. The number of likely N-dealkylation sites (tertiary alicyclic amines) is 1. The van der Waals surface area contributed by atoms with Crippen molar-refractivity contribution in [2.45, 2.75) is 24.9 Å². The number of hydrogen-bond acceptors (Lipinski definition) is 5. The molecule has 1 aliphatic rings. The molecule has 1 aromatic heterocycles. The third-order valence-electron chi connectivity index (χ3n) is 4.25. The van der Waals surface area contributed by atoms with Gasteiger partial charge in [-0.1, -0.05) is 17.3 Å². The summed E-state index contributed by atoms with van der Waals surface area (Å²) in [5.41, 5.74) is 0.732. The monoisotopic (exact) mass is 316 g/mol. The molecule has 1 saturated heterocycles. The Morgan fingerprint density at radius 1 is 1.48 bits per heavy atom. The Labute approximate surface area is 134 Å². The van der Waals surface area contributed by atoms with E-state index in [9.17, 15) is 9.90 Å². The van der Waals surface area contributed by atoms with Gasteiger partial charge >= 0.3 is 5.97 Å². The van der Waals surface area contributed by atoms with E-state index in [2.05, 4.69) is 10.3 Å². The number of nitrogens with zero attached hydrogens (tertiary/aromatic N) is 4. The van der Waals surface area contributed by atoms with Gasteiger partial charge in [-0.15, -0.1) is 5.10 Å². The van der Waals surface area contributed by atoms with Crippen molar-refractivity contribution in [3.05, 3.63) is 42.2 Å². The number of piperidine rings is 1. The summed E-state index contributed by atoms with van der Waals surface area (Å²) < 4.78 is 7.03. The van der Waals surface area contributed by atoms with Gasteiger partial charge in [0.15, 0.2) is 0 Å². The van der Waals surface area contributed by atoms with Gasteiger partial charge in [0.05, 0.1) is 19.3 Å². The lowest BCUT2D eigenvalue weighted by molar-refractivity contribution is -0.144. The van der Waals surface area contributed by atoms with E-state index < -0.39 is 12.0 Å². The Morgan fingerprint density at radius 2 is 2.35 bits per heavy atom. The molecule has 122 valence electrons. The van der Waals surface area contributed by atoms with Crippen molar-refractivity contribution in [2.24, 2.45) is 0 Å². The van der Waals surface area contributed by atoms with Gasteiger partial charge in [-0.05, 0) is 37.1 Å². The highest BCUT2D eigenvalue weighted by Gasteiger charge is 2.32. The maximum atomic E-state index is 11.9. The zero-order valence-corrected chi connectivity index (χ0v) is 13.0. The van der Waals surface area contributed by atoms with Gasteiger partial charge in [-0.25, -0.2) is 4.68 Å². The van der Waals surface area contributed by atoms with Crippen LogP contribution in [0.25, 0.3) is 0 Å². The Kier molecular flexibility index (Phi) is 4.57. The van der Waals surface area contributed by atoms with Crippen molar-refractivity contribution in [2.75, 3.05) is 20.2 Å². The van der Waals surface area contributed by atoms with Gasteiger partial charge < -0.3 is 9.84 Å². The highest BCUT2D eigenvalue weighted by atomic mass is 16.5. The highest BCUT2D eigenvalue weighted by Crippen LogP contribution is 2.30. The average molecular weight is 316 g/mol. The van der Waals surface area contributed by atoms with Crippen molar-refractivity contribution in [3.63, 3.8) is 0 Å². The largest absolute Gasteiger partial charge is 0.497 e. The summed E-state index contributed by atoms with van der Waals surface area (Å²) in [4.78, 5) is 13.9. The van der Waals surface area contributed by atoms with Crippen molar-refractivity contribution in [3.8, 4) is 5.75 Å². The molecule has 2 heterocycles. The van der Waals surface area contributed by atoms with Crippen LogP contribution in [0.15, 0.2) is 36.7 Å². The lowest BCUT2D eigenvalue weighted by atomic mass is 9.99. The fourth-order valence-corrected chi connectivity index (χ4v) is 3.17. The van der Waals surface area contributed by atoms with Crippen LogP contribution in [0, 0.1) is 0 Å².